The third-order valence-electron chi connectivity index (χ3n) is 5.77. The summed E-state index contributed by atoms with van der Waals surface area (Å²) in [6.45, 7) is 2.07. The van der Waals surface area contributed by atoms with Crippen molar-refractivity contribution >= 4 is 5.97 Å². The van der Waals surface area contributed by atoms with Crippen LogP contribution in [0.1, 0.15) is 110 Å². The highest BCUT2D eigenvalue weighted by Gasteiger charge is 1.97. The molecule has 0 aromatic carbocycles. The molecule has 0 aromatic heterocycles. The highest BCUT2D eigenvalue weighted by molar-refractivity contribution is 5.66. The molecule has 0 aromatic rings. The van der Waals surface area contributed by atoms with E-state index in [4.69, 9.17) is 5.11 Å². The average molecular weight is 501 g/mol. The molecule has 0 rings (SSSR count). The van der Waals surface area contributed by atoms with Crippen LogP contribution < -0.4 is 0 Å². The van der Waals surface area contributed by atoms with Crippen molar-refractivity contribution in [3.05, 3.63) is 72.9 Å². The number of unbranched alkanes of at least 4 members (excludes halogenated alkanes) is 10. The quantitative estimate of drug-likeness (QED) is 0.0706. The van der Waals surface area contributed by atoms with Crippen molar-refractivity contribution < 1.29 is 20.1 Å². The first kappa shape index (κ1) is 33.8. The summed E-state index contributed by atoms with van der Waals surface area (Å²) >= 11 is 0. The first-order valence-corrected chi connectivity index (χ1v) is 14.1. The van der Waals surface area contributed by atoms with E-state index in [-0.39, 0.29) is 0 Å². The van der Waals surface area contributed by atoms with Crippen molar-refractivity contribution in [2.75, 3.05) is 0 Å². The molecule has 0 amide bonds. The molecule has 0 aliphatic rings. The molecule has 0 aliphatic heterocycles. The summed E-state index contributed by atoms with van der Waals surface area (Å²) in [5.41, 5.74) is 0. The summed E-state index contributed by atoms with van der Waals surface area (Å²) in [5.74, 6) is -0.678. The van der Waals surface area contributed by atoms with Crippen molar-refractivity contribution in [3.8, 4) is 0 Å². The molecule has 0 heterocycles. The average Bonchev–Trinajstić information content (AvgIpc) is 2.85. The Bertz CT molecular complexity index is 670. The minimum atomic E-state index is -0.678. The first-order chi connectivity index (χ1) is 17.6. The Kier molecular flexibility index (Phi) is 25.8. The molecule has 0 aliphatic carbocycles. The van der Waals surface area contributed by atoms with Gasteiger partial charge in [0.05, 0.1) is 12.2 Å². The van der Waals surface area contributed by atoms with Gasteiger partial charge >= 0.3 is 5.97 Å². The van der Waals surface area contributed by atoms with Gasteiger partial charge in [-0.25, -0.2) is 0 Å². The molecule has 2 atom stereocenters. The molecule has 0 spiro atoms. The van der Waals surface area contributed by atoms with Crippen LogP contribution in [0.25, 0.3) is 0 Å². The highest BCUT2D eigenvalue weighted by atomic mass is 16.4. The van der Waals surface area contributed by atoms with E-state index in [2.05, 4.69) is 25.2 Å². The van der Waals surface area contributed by atoms with E-state index >= 15 is 0 Å². The second kappa shape index (κ2) is 27.4. The molecule has 3 N–H and O–H groups in total. The molecule has 204 valence electrons. The molecular weight excluding hydrogens is 448 g/mol. The van der Waals surface area contributed by atoms with E-state index in [9.17, 15) is 15.0 Å². The normalized spacial score (nSPS) is 14.5. The largest absolute Gasteiger partial charge is 0.481 e. The Hall–Kier alpha value is -2.17. The second-order valence-corrected chi connectivity index (χ2v) is 9.29. The molecule has 0 saturated carbocycles. The topological polar surface area (TPSA) is 77.8 Å². The number of hydrogen-bond donors (Lipinski definition) is 3. The van der Waals surface area contributed by atoms with Gasteiger partial charge in [-0.2, -0.15) is 0 Å². The van der Waals surface area contributed by atoms with Gasteiger partial charge in [-0.3, -0.25) is 4.79 Å². The second-order valence-electron chi connectivity index (χ2n) is 9.29. The van der Waals surface area contributed by atoms with Gasteiger partial charge in [0.1, 0.15) is 0 Å². The van der Waals surface area contributed by atoms with E-state index in [0.29, 0.717) is 19.3 Å². The number of aliphatic hydroxyl groups excluding tert-OH is 2. The van der Waals surface area contributed by atoms with Gasteiger partial charge in [0, 0.05) is 6.42 Å². The number of allylic oxidation sites excluding steroid dienone is 8. The lowest BCUT2D eigenvalue weighted by Gasteiger charge is -2.01. The van der Waals surface area contributed by atoms with Gasteiger partial charge in [0.2, 0.25) is 0 Å². The molecule has 0 fully saturated rings. The lowest BCUT2D eigenvalue weighted by atomic mass is 10.1. The maximum atomic E-state index is 10.4. The molecule has 4 nitrogen and oxygen atoms in total. The van der Waals surface area contributed by atoms with Crippen LogP contribution >= 0.6 is 0 Å². The van der Waals surface area contributed by atoms with Crippen LogP contribution in [-0.2, 0) is 4.79 Å². The van der Waals surface area contributed by atoms with Crippen LogP contribution in [0.5, 0.6) is 0 Å². The first-order valence-electron chi connectivity index (χ1n) is 14.1. The fourth-order valence-electron chi connectivity index (χ4n) is 3.65. The summed E-state index contributed by atoms with van der Waals surface area (Å²) < 4.78 is 0. The Morgan fingerprint density at radius 2 is 1.08 bits per heavy atom. The van der Waals surface area contributed by atoms with Gasteiger partial charge in [-0.05, 0) is 44.9 Å². The van der Waals surface area contributed by atoms with Crippen LogP contribution in [0, 0.1) is 0 Å². The SMILES string of the molecule is CC/C=C/CC(O)/C=C/C=C/C=C/C(O)C/C=C/C/C=C/CCCCCCCCCCCCC(=O)O. The summed E-state index contributed by atoms with van der Waals surface area (Å²) in [6.07, 6.45) is 39.2. The number of aliphatic carboxylic acids is 1. The van der Waals surface area contributed by atoms with Gasteiger partial charge in [-0.1, -0.05) is 131 Å². The van der Waals surface area contributed by atoms with Crippen LogP contribution in [0.2, 0.25) is 0 Å². The van der Waals surface area contributed by atoms with E-state index in [1.165, 1.54) is 51.4 Å². The van der Waals surface area contributed by atoms with Crippen LogP contribution in [0.4, 0.5) is 0 Å². The third kappa shape index (κ3) is 28.1. The highest BCUT2D eigenvalue weighted by Crippen LogP contribution is 2.12. The van der Waals surface area contributed by atoms with Gasteiger partial charge in [-0.15, -0.1) is 0 Å². The Morgan fingerprint density at radius 1 is 0.611 bits per heavy atom. The Labute approximate surface area is 220 Å². The summed E-state index contributed by atoms with van der Waals surface area (Å²) in [6, 6.07) is 0. The van der Waals surface area contributed by atoms with E-state index in [0.717, 1.165) is 32.1 Å². The predicted molar refractivity (Wildman–Crippen MR) is 154 cm³/mol. The van der Waals surface area contributed by atoms with Crippen molar-refractivity contribution in [2.45, 2.75) is 122 Å². The fraction of sp³-hybridized carbons (Fsp3) is 0.594. The zero-order chi connectivity index (χ0) is 26.5. The Balaban J connectivity index is 3.58. The fourth-order valence-corrected chi connectivity index (χ4v) is 3.65. The summed E-state index contributed by atoms with van der Waals surface area (Å²) in [5, 5.41) is 28.3. The number of carboxylic acid groups (broad SMARTS) is 1. The number of hydrogen-bond acceptors (Lipinski definition) is 3. The molecule has 4 heteroatoms. The number of aliphatic hydroxyl groups is 2. The third-order valence-corrected chi connectivity index (χ3v) is 5.77. The lowest BCUT2D eigenvalue weighted by Crippen LogP contribution is -1.98. The predicted octanol–water partition coefficient (Wildman–Crippen LogP) is 8.39. The van der Waals surface area contributed by atoms with Crippen LogP contribution in [0.15, 0.2) is 72.9 Å². The van der Waals surface area contributed by atoms with E-state index in [1.807, 2.05) is 42.5 Å². The molecule has 36 heavy (non-hydrogen) atoms. The zero-order valence-electron chi connectivity index (χ0n) is 22.6. The summed E-state index contributed by atoms with van der Waals surface area (Å²) in [7, 11) is 0. The van der Waals surface area contributed by atoms with Crippen LogP contribution in [0.3, 0.4) is 0 Å². The Morgan fingerprint density at radius 3 is 1.61 bits per heavy atom. The van der Waals surface area contributed by atoms with Gasteiger partial charge in [0.15, 0.2) is 0 Å². The van der Waals surface area contributed by atoms with Crippen molar-refractivity contribution in [1.29, 1.82) is 0 Å². The minimum Gasteiger partial charge on any atom is -0.481 e. The van der Waals surface area contributed by atoms with Gasteiger partial charge in [0.25, 0.3) is 0 Å². The zero-order valence-corrected chi connectivity index (χ0v) is 22.6. The minimum absolute atomic E-state index is 0.314. The lowest BCUT2D eigenvalue weighted by molar-refractivity contribution is -0.137. The number of carbonyl (C=O) groups is 1. The molecule has 0 saturated heterocycles. The molecule has 0 bridgehead atoms. The van der Waals surface area contributed by atoms with Gasteiger partial charge < -0.3 is 15.3 Å². The van der Waals surface area contributed by atoms with Crippen molar-refractivity contribution in [1.82, 2.24) is 0 Å². The molecule has 0 radical (unpaired) electrons. The van der Waals surface area contributed by atoms with Crippen molar-refractivity contribution in [2.24, 2.45) is 0 Å². The van der Waals surface area contributed by atoms with Crippen LogP contribution in [-0.4, -0.2) is 33.5 Å². The molecular formula is C32H52O4. The maximum absolute atomic E-state index is 10.4. The molecule has 2 unspecified atom stereocenters. The van der Waals surface area contributed by atoms with E-state index in [1.54, 1.807) is 12.2 Å². The smallest absolute Gasteiger partial charge is 0.303 e. The summed E-state index contributed by atoms with van der Waals surface area (Å²) in [4.78, 5) is 10.4. The monoisotopic (exact) mass is 500 g/mol. The standard InChI is InChI=1S/C32H52O4/c1-2-3-20-25-30(33)27-22-18-19-23-28-31(34)26-21-16-14-12-10-8-6-4-5-7-9-11-13-15-17-24-29-32(35)36/h3,10,12,16,18-23,27-28,30-31,33-34H,2,4-9,11,13-15,17,24-26,29H2,1H3,(H,35,36)/b12-10+,19-18+,20-3+,21-16+,27-22+,28-23+. The van der Waals surface area contributed by atoms with E-state index < -0.39 is 18.2 Å². The van der Waals surface area contributed by atoms with Crippen molar-refractivity contribution in [3.63, 3.8) is 0 Å². The maximum Gasteiger partial charge on any atom is 0.303 e. The number of rotatable bonds is 24. The number of carboxylic acids is 1.